The van der Waals surface area contributed by atoms with E-state index in [0.717, 1.165) is 12.1 Å². The molecule has 39 heavy (non-hydrogen) atoms. The van der Waals surface area contributed by atoms with Gasteiger partial charge in [-0.2, -0.15) is 0 Å². The van der Waals surface area contributed by atoms with Gasteiger partial charge in [0, 0.05) is 25.2 Å². The van der Waals surface area contributed by atoms with E-state index in [1.54, 1.807) is 49.2 Å². The van der Waals surface area contributed by atoms with Crippen molar-refractivity contribution in [3.63, 3.8) is 0 Å². The van der Waals surface area contributed by atoms with E-state index < -0.39 is 34.1 Å². The van der Waals surface area contributed by atoms with Gasteiger partial charge in [-0.3, -0.25) is 19.0 Å². The monoisotopic (exact) mass is 576 g/mol. The third-order valence-electron chi connectivity index (χ3n) is 6.31. The molecule has 1 aliphatic heterocycles. The summed E-state index contributed by atoms with van der Waals surface area (Å²) in [5.74, 6) is -1.31. The quantitative estimate of drug-likeness (QED) is 0.428. The van der Waals surface area contributed by atoms with Crippen molar-refractivity contribution in [3.8, 4) is 5.69 Å². The Morgan fingerprint density at radius 3 is 2.38 bits per heavy atom. The Hall–Kier alpha value is -3.61. The molecule has 2 unspecified atom stereocenters. The minimum absolute atomic E-state index is 0.0431. The summed E-state index contributed by atoms with van der Waals surface area (Å²) >= 11 is 6.13. The van der Waals surface area contributed by atoms with Crippen LogP contribution in [0.25, 0.3) is 5.69 Å². The Morgan fingerprint density at radius 2 is 1.74 bits per heavy atom. The standard InChI is InChI=1S/C26H29ClN4O7S/c1-16-13-30(14-17(2)38-16)23(32)15-37-26(34)19-10-20(27)12-22(11-19)39(35,36)28-24-18(3)29(4)31(25(24)33)21-8-6-5-7-9-21/h5-12,16-17,28H,13-15H2,1-4H3. The Bertz CT molecular complexity index is 1560. The fourth-order valence-corrected chi connectivity index (χ4v) is 5.88. The van der Waals surface area contributed by atoms with Gasteiger partial charge in [0.1, 0.15) is 5.69 Å². The number of hydrogen-bond acceptors (Lipinski definition) is 7. The summed E-state index contributed by atoms with van der Waals surface area (Å²) in [7, 11) is -2.71. The molecule has 4 rings (SSSR count). The zero-order chi connectivity index (χ0) is 28.5. The van der Waals surface area contributed by atoms with Gasteiger partial charge in [0.2, 0.25) is 0 Å². The highest BCUT2D eigenvalue weighted by Crippen LogP contribution is 2.23. The smallest absolute Gasteiger partial charge is 0.338 e. The first-order chi connectivity index (χ1) is 18.4. The molecule has 0 bridgehead atoms. The number of para-hydroxylation sites is 1. The first kappa shape index (κ1) is 28.4. The molecule has 2 aromatic carbocycles. The molecule has 2 atom stereocenters. The average Bonchev–Trinajstić information content (AvgIpc) is 3.09. The molecule has 0 saturated carbocycles. The molecule has 208 valence electrons. The molecule has 0 aliphatic carbocycles. The van der Waals surface area contributed by atoms with E-state index in [9.17, 15) is 22.8 Å². The topological polar surface area (TPSA) is 129 Å². The molecule has 1 fully saturated rings. The molecule has 1 amide bonds. The number of aromatic nitrogens is 2. The molecular formula is C26H29ClN4O7S. The van der Waals surface area contributed by atoms with Crippen molar-refractivity contribution < 1.29 is 27.5 Å². The molecular weight excluding hydrogens is 548 g/mol. The zero-order valence-corrected chi connectivity index (χ0v) is 23.5. The van der Waals surface area contributed by atoms with Crippen LogP contribution in [0, 0.1) is 6.92 Å². The van der Waals surface area contributed by atoms with Crippen LogP contribution >= 0.6 is 11.6 Å². The van der Waals surface area contributed by atoms with Crippen molar-refractivity contribution in [3.05, 3.63) is 75.2 Å². The van der Waals surface area contributed by atoms with Gasteiger partial charge in [0.05, 0.1) is 34.0 Å². The summed E-state index contributed by atoms with van der Waals surface area (Å²) in [5.41, 5.74) is 0.0498. The van der Waals surface area contributed by atoms with Crippen molar-refractivity contribution in [2.45, 2.75) is 37.9 Å². The van der Waals surface area contributed by atoms with Gasteiger partial charge in [-0.25, -0.2) is 17.9 Å². The van der Waals surface area contributed by atoms with E-state index in [1.807, 2.05) is 13.8 Å². The average molecular weight is 577 g/mol. The highest BCUT2D eigenvalue weighted by Gasteiger charge is 2.27. The highest BCUT2D eigenvalue weighted by molar-refractivity contribution is 7.92. The number of sulfonamides is 1. The third-order valence-corrected chi connectivity index (χ3v) is 7.85. The van der Waals surface area contributed by atoms with Crippen molar-refractivity contribution in [2.75, 3.05) is 24.4 Å². The van der Waals surface area contributed by atoms with Crippen LogP contribution in [0.5, 0.6) is 0 Å². The lowest BCUT2D eigenvalue weighted by Gasteiger charge is -2.35. The van der Waals surface area contributed by atoms with Crippen LogP contribution in [0.15, 0.2) is 58.2 Å². The van der Waals surface area contributed by atoms with E-state index in [-0.39, 0.29) is 33.4 Å². The zero-order valence-electron chi connectivity index (χ0n) is 21.9. The van der Waals surface area contributed by atoms with Crippen LogP contribution in [-0.2, 0) is 31.3 Å². The van der Waals surface area contributed by atoms with Gasteiger partial charge in [-0.1, -0.05) is 29.8 Å². The van der Waals surface area contributed by atoms with E-state index in [2.05, 4.69) is 4.72 Å². The molecule has 2 heterocycles. The number of anilines is 1. The lowest BCUT2D eigenvalue weighted by atomic mass is 10.2. The van der Waals surface area contributed by atoms with Gasteiger partial charge in [0.25, 0.3) is 21.5 Å². The van der Waals surface area contributed by atoms with E-state index >= 15 is 0 Å². The van der Waals surface area contributed by atoms with Crippen LogP contribution < -0.4 is 10.3 Å². The number of benzene rings is 2. The normalized spacial score (nSPS) is 17.6. The number of carbonyl (C=O) groups is 2. The third kappa shape index (κ3) is 6.18. The molecule has 11 nitrogen and oxygen atoms in total. The van der Waals surface area contributed by atoms with Crippen LogP contribution in [0.2, 0.25) is 5.02 Å². The van der Waals surface area contributed by atoms with Gasteiger partial charge < -0.3 is 14.4 Å². The molecule has 13 heteroatoms. The number of morpholine rings is 1. The van der Waals surface area contributed by atoms with Crippen molar-refractivity contribution >= 4 is 39.2 Å². The number of amides is 1. The highest BCUT2D eigenvalue weighted by atomic mass is 35.5. The van der Waals surface area contributed by atoms with Crippen molar-refractivity contribution in [1.29, 1.82) is 0 Å². The first-order valence-corrected chi connectivity index (χ1v) is 14.0. The summed E-state index contributed by atoms with van der Waals surface area (Å²) in [4.78, 5) is 39.6. The van der Waals surface area contributed by atoms with Crippen molar-refractivity contribution in [1.82, 2.24) is 14.3 Å². The van der Waals surface area contributed by atoms with Crippen LogP contribution in [0.3, 0.4) is 0 Å². The minimum Gasteiger partial charge on any atom is -0.452 e. The van der Waals surface area contributed by atoms with E-state index in [0.29, 0.717) is 24.5 Å². The molecule has 3 aromatic rings. The number of ether oxygens (including phenoxy) is 2. The summed E-state index contributed by atoms with van der Waals surface area (Å²) in [6, 6.07) is 12.2. The lowest BCUT2D eigenvalue weighted by molar-refractivity contribution is -0.146. The molecule has 1 saturated heterocycles. The summed E-state index contributed by atoms with van der Waals surface area (Å²) < 4.78 is 42.5. The molecule has 0 spiro atoms. The first-order valence-electron chi connectivity index (χ1n) is 12.1. The van der Waals surface area contributed by atoms with Gasteiger partial charge in [0.15, 0.2) is 6.61 Å². The summed E-state index contributed by atoms with van der Waals surface area (Å²) in [6.45, 7) is 5.52. The fourth-order valence-electron chi connectivity index (χ4n) is 4.40. The van der Waals surface area contributed by atoms with Crippen molar-refractivity contribution in [2.24, 2.45) is 7.05 Å². The van der Waals surface area contributed by atoms with Gasteiger partial charge in [-0.15, -0.1) is 0 Å². The van der Waals surface area contributed by atoms with Crippen LogP contribution in [0.4, 0.5) is 5.69 Å². The van der Waals surface area contributed by atoms with E-state index in [1.165, 1.54) is 15.4 Å². The maximum Gasteiger partial charge on any atom is 0.338 e. The largest absolute Gasteiger partial charge is 0.452 e. The Labute approximate surface area is 230 Å². The van der Waals surface area contributed by atoms with E-state index in [4.69, 9.17) is 21.1 Å². The second kappa shape index (κ2) is 11.2. The van der Waals surface area contributed by atoms with Gasteiger partial charge >= 0.3 is 5.97 Å². The maximum atomic E-state index is 13.3. The van der Waals surface area contributed by atoms with Crippen LogP contribution in [0.1, 0.15) is 29.9 Å². The molecule has 1 N–H and O–H groups in total. The number of esters is 1. The number of rotatable bonds is 7. The summed E-state index contributed by atoms with van der Waals surface area (Å²) in [5, 5.41) is -0.0431. The molecule has 1 aliphatic rings. The number of hydrogen-bond donors (Lipinski definition) is 1. The fraction of sp³-hybridized carbons (Fsp3) is 0.346. The summed E-state index contributed by atoms with van der Waals surface area (Å²) in [6.07, 6.45) is -0.293. The predicted octanol–water partition coefficient (Wildman–Crippen LogP) is 2.73. The Balaban J connectivity index is 1.54. The Kier molecular flexibility index (Phi) is 8.19. The minimum atomic E-state index is -4.34. The molecule has 1 aromatic heterocycles. The second-order valence-electron chi connectivity index (χ2n) is 9.35. The number of carbonyl (C=O) groups excluding carboxylic acids is 2. The predicted molar refractivity (Wildman–Crippen MR) is 145 cm³/mol. The maximum absolute atomic E-state index is 13.3. The number of nitrogens with zero attached hydrogens (tertiary/aromatic N) is 3. The molecule has 0 radical (unpaired) electrons. The number of halogens is 1. The number of nitrogens with one attached hydrogen (secondary N) is 1. The lowest BCUT2D eigenvalue weighted by Crippen LogP contribution is -2.49. The van der Waals surface area contributed by atoms with Gasteiger partial charge in [-0.05, 0) is 51.1 Å². The Morgan fingerprint density at radius 1 is 1.10 bits per heavy atom. The SMILES string of the molecule is Cc1c(NS(=O)(=O)c2cc(Cl)cc(C(=O)OCC(=O)N3CC(C)OC(C)C3)c2)c(=O)n(-c2ccccc2)n1C. The van der Waals surface area contributed by atoms with Crippen LogP contribution in [-0.4, -0.2) is 66.5 Å². The second-order valence-corrected chi connectivity index (χ2v) is 11.5.